The molecule has 0 aliphatic rings. The fraction of sp³-hybridized carbons (Fsp3) is 0.455. The van der Waals surface area contributed by atoms with Crippen LogP contribution in [0.4, 0.5) is 0 Å². The lowest BCUT2D eigenvalue weighted by Gasteiger charge is -2.23. The fourth-order valence-corrected chi connectivity index (χ4v) is 2.89. The maximum absolute atomic E-state index is 10.4. The van der Waals surface area contributed by atoms with Crippen molar-refractivity contribution >= 4 is 0 Å². The van der Waals surface area contributed by atoms with Crippen LogP contribution in [-0.4, -0.2) is 30.4 Å². The minimum atomic E-state index is -0.472. The molecular weight excluding hydrogens is 310 g/mol. The quantitative estimate of drug-likeness (QED) is 0.574. The van der Waals surface area contributed by atoms with Gasteiger partial charge in [0, 0.05) is 6.54 Å². The number of aryl methyl sites for hydroxylation is 1. The zero-order chi connectivity index (χ0) is 17.7. The summed E-state index contributed by atoms with van der Waals surface area (Å²) >= 11 is 0. The van der Waals surface area contributed by atoms with Crippen LogP contribution in [0.2, 0.25) is 0 Å². The molecule has 0 spiro atoms. The molecule has 136 valence electrons. The monoisotopic (exact) mass is 341 g/mol. The minimum Gasteiger partial charge on any atom is -0.389 e. The van der Waals surface area contributed by atoms with Gasteiger partial charge in [-0.15, -0.1) is 0 Å². The Bertz CT molecular complexity index is 559. The summed E-state index contributed by atoms with van der Waals surface area (Å²) in [6.07, 6.45) is 3.42. The molecule has 2 aromatic carbocycles. The predicted molar refractivity (Wildman–Crippen MR) is 104 cm³/mol. The number of hydrogen-bond acceptors (Lipinski definition) is 3. The van der Waals surface area contributed by atoms with Crippen LogP contribution in [0.3, 0.4) is 0 Å². The third kappa shape index (κ3) is 7.82. The van der Waals surface area contributed by atoms with Gasteiger partial charge in [-0.3, -0.25) is 0 Å². The van der Waals surface area contributed by atoms with Crippen molar-refractivity contribution in [2.24, 2.45) is 0 Å². The second-order valence-corrected chi connectivity index (χ2v) is 6.48. The number of aliphatic hydroxyl groups excluding tert-OH is 1. The Morgan fingerprint density at radius 2 is 1.60 bits per heavy atom. The fourth-order valence-electron chi connectivity index (χ4n) is 2.89. The van der Waals surface area contributed by atoms with Gasteiger partial charge in [-0.25, -0.2) is 0 Å². The van der Waals surface area contributed by atoms with Crippen molar-refractivity contribution in [1.82, 2.24) is 5.32 Å². The van der Waals surface area contributed by atoms with Crippen molar-refractivity contribution in [3.05, 3.63) is 71.8 Å². The number of nitrogens with one attached hydrogen (secondary N) is 1. The minimum absolute atomic E-state index is 0.119. The number of hydrogen-bond donors (Lipinski definition) is 2. The summed E-state index contributed by atoms with van der Waals surface area (Å²) in [5, 5.41) is 13.8. The van der Waals surface area contributed by atoms with Gasteiger partial charge >= 0.3 is 0 Å². The molecule has 0 saturated heterocycles. The molecule has 2 N–H and O–H groups in total. The van der Waals surface area contributed by atoms with Gasteiger partial charge in [-0.1, -0.05) is 74.0 Å². The van der Waals surface area contributed by atoms with E-state index in [2.05, 4.69) is 48.6 Å². The highest BCUT2D eigenvalue weighted by molar-refractivity contribution is 5.14. The average Bonchev–Trinajstić information content (AvgIpc) is 2.66. The van der Waals surface area contributed by atoms with Gasteiger partial charge in [-0.05, 0) is 36.9 Å². The molecule has 0 heterocycles. The summed E-state index contributed by atoms with van der Waals surface area (Å²) in [6.45, 7) is 4.16. The third-order valence-corrected chi connectivity index (χ3v) is 4.32. The number of benzene rings is 2. The molecule has 0 fully saturated rings. The zero-order valence-corrected chi connectivity index (χ0v) is 15.2. The zero-order valence-electron chi connectivity index (χ0n) is 15.2. The van der Waals surface area contributed by atoms with Crippen molar-refractivity contribution in [2.75, 3.05) is 13.1 Å². The van der Waals surface area contributed by atoms with Crippen molar-refractivity contribution in [3.8, 4) is 0 Å². The van der Waals surface area contributed by atoms with Gasteiger partial charge in [0.1, 0.15) is 0 Å². The molecule has 0 amide bonds. The number of aliphatic hydroxyl groups is 1. The molecule has 0 aromatic heterocycles. The molecule has 2 aromatic rings. The average molecular weight is 341 g/mol. The SMILES string of the molecule is CCCC(OCc1ccccc1)C(O)CNCCCc1ccccc1. The van der Waals surface area contributed by atoms with E-state index in [1.165, 1.54) is 5.56 Å². The standard InChI is InChI=1S/C22H31NO2/c1-2-10-22(25-18-20-13-7-4-8-14-20)21(24)17-23-16-9-15-19-11-5-3-6-12-19/h3-8,11-14,21-24H,2,9-10,15-18H2,1H3. The molecular formula is C22H31NO2. The van der Waals surface area contributed by atoms with Gasteiger partial charge < -0.3 is 15.2 Å². The van der Waals surface area contributed by atoms with Crippen LogP contribution in [0.25, 0.3) is 0 Å². The Morgan fingerprint density at radius 1 is 0.960 bits per heavy atom. The van der Waals surface area contributed by atoms with Crippen LogP contribution in [0.5, 0.6) is 0 Å². The first-order valence-electron chi connectivity index (χ1n) is 9.38. The van der Waals surface area contributed by atoms with E-state index in [1.54, 1.807) is 0 Å². The van der Waals surface area contributed by atoms with Crippen molar-refractivity contribution in [2.45, 2.75) is 51.4 Å². The van der Waals surface area contributed by atoms with Crippen molar-refractivity contribution in [1.29, 1.82) is 0 Å². The van der Waals surface area contributed by atoms with Gasteiger partial charge in [0.05, 0.1) is 18.8 Å². The normalized spacial score (nSPS) is 13.5. The third-order valence-electron chi connectivity index (χ3n) is 4.32. The lowest BCUT2D eigenvalue weighted by molar-refractivity contribution is -0.0488. The highest BCUT2D eigenvalue weighted by Gasteiger charge is 2.18. The van der Waals surface area contributed by atoms with Crippen LogP contribution in [0.1, 0.15) is 37.3 Å². The van der Waals surface area contributed by atoms with Crippen molar-refractivity contribution < 1.29 is 9.84 Å². The van der Waals surface area contributed by atoms with Crippen LogP contribution in [-0.2, 0) is 17.8 Å². The molecule has 3 nitrogen and oxygen atoms in total. The first-order chi connectivity index (χ1) is 12.3. The maximum atomic E-state index is 10.4. The van der Waals surface area contributed by atoms with Gasteiger partial charge in [0.15, 0.2) is 0 Å². The number of rotatable bonds is 12. The van der Waals surface area contributed by atoms with E-state index in [0.717, 1.165) is 37.8 Å². The Balaban J connectivity index is 1.65. The van der Waals surface area contributed by atoms with E-state index in [-0.39, 0.29) is 6.10 Å². The molecule has 0 aliphatic carbocycles. The summed E-state index contributed by atoms with van der Waals surface area (Å²) in [6, 6.07) is 20.6. The lowest BCUT2D eigenvalue weighted by atomic mass is 10.1. The molecule has 3 heteroatoms. The first kappa shape index (κ1) is 19.6. The molecule has 2 rings (SSSR count). The van der Waals surface area contributed by atoms with Crippen LogP contribution in [0.15, 0.2) is 60.7 Å². The molecule has 2 atom stereocenters. The van der Waals surface area contributed by atoms with Crippen LogP contribution in [0, 0.1) is 0 Å². The van der Waals surface area contributed by atoms with Gasteiger partial charge in [0.25, 0.3) is 0 Å². The largest absolute Gasteiger partial charge is 0.389 e. The highest BCUT2D eigenvalue weighted by Crippen LogP contribution is 2.11. The number of ether oxygens (including phenoxy) is 1. The molecule has 2 unspecified atom stereocenters. The van der Waals surface area contributed by atoms with Gasteiger partial charge in [0.2, 0.25) is 0 Å². The molecule has 0 radical (unpaired) electrons. The lowest BCUT2D eigenvalue weighted by Crippen LogP contribution is -2.38. The molecule has 25 heavy (non-hydrogen) atoms. The molecule has 0 saturated carbocycles. The van der Waals surface area contributed by atoms with Gasteiger partial charge in [-0.2, -0.15) is 0 Å². The highest BCUT2D eigenvalue weighted by atomic mass is 16.5. The summed E-state index contributed by atoms with van der Waals surface area (Å²) in [5.41, 5.74) is 2.51. The first-order valence-corrected chi connectivity index (χ1v) is 9.38. The Labute approximate surface area is 152 Å². The van der Waals surface area contributed by atoms with Crippen LogP contribution >= 0.6 is 0 Å². The Morgan fingerprint density at radius 3 is 2.24 bits per heavy atom. The topological polar surface area (TPSA) is 41.5 Å². The maximum Gasteiger partial charge on any atom is 0.0925 e. The van der Waals surface area contributed by atoms with Crippen LogP contribution < -0.4 is 5.32 Å². The van der Waals surface area contributed by atoms with E-state index >= 15 is 0 Å². The predicted octanol–water partition coefficient (Wildman–Crippen LogP) is 3.96. The van der Waals surface area contributed by atoms with E-state index in [9.17, 15) is 5.11 Å². The molecule has 0 bridgehead atoms. The summed E-state index contributed by atoms with van der Waals surface area (Å²) in [4.78, 5) is 0. The summed E-state index contributed by atoms with van der Waals surface area (Å²) in [5.74, 6) is 0. The van der Waals surface area contributed by atoms with E-state index in [0.29, 0.717) is 13.2 Å². The summed E-state index contributed by atoms with van der Waals surface area (Å²) < 4.78 is 5.97. The van der Waals surface area contributed by atoms with E-state index < -0.39 is 6.10 Å². The van der Waals surface area contributed by atoms with E-state index in [1.807, 2.05) is 24.3 Å². The van der Waals surface area contributed by atoms with Crippen molar-refractivity contribution in [3.63, 3.8) is 0 Å². The van der Waals surface area contributed by atoms with E-state index in [4.69, 9.17) is 4.74 Å². The Kier molecular flexibility index (Phi) is 9.27. The second-order valence-electron chi connectivity index (χ2n) is 6.48. The Hall–Kier alpha value is -1.68. The smallest absolute Gasteiger partial charge is 0.0925 e. The second kappa shape index (κ2) is 11.8. The summed E-state index contributed by atoms with van der Waals surface area (Å²) in [7, 11) is 0. The molecule has 0 aliphatic heterocycles.